The molecule has 1 aliphatic rings. The fourth-order valence-corrected chi connectivity index (χ4v) is 2.75. The lowest BCUT2D eigenvalue weighted by molar-refractivity contribution is -0.141. The molecule has 0 saturated heterocycles. The van der Waals surface area contributed by atoms with Crippen molar-refractivity contribution >= 4 is 5.97 Å². The number of rotatable bonds is 7. The number of aromatic amines is 1. The summed E-state index contributed by atoms with van der Waals surface area (Å²) in [5.41, 5.74) is 0.843. The Morgan fingerprint density at radius 2 is 2.17 bits per heavy atom. The molecule has 0 spiro atoms. The number of benzene rings is 1. The van der Waals surface area contributed by atoms with Gasteiger partial charge in [0.15, 0.2) is 11.5 Å². The van der Waals surface area contributed by atoms with Crippen molar-refractivity contribution in [2.24, 2.45) is 0 Å². The van der Waals surface area contributed by atoms with Crippen molar-refractivity contribution in [3.8, 4) is 11.5 Å². The largest absolute Gasteiger partial charge is 0.481 e. The molecule has 24 heavy (non-hydrogen) atoms. The van der Waals surface area contributed by atoms with E-state index in [2.05, 4.69) is 16.9 Å². The first-order valence-corrected chi connectivity index (χ1v) is 7.94. The first-order valence-electron chi connectivity index (χ1n) is 7.94. The number of H-pyrrole nitrogens is 1. The van der Waals surface area contributed by atoms with Gasteiger partial charge in [0.2, 0.25) is 6.79 Å². The molecule has 1 aromatic carbocycles. The molecular formula is C17H20N2O5. The molecule has 3 rings (SSSR count). The van der Waals surface area contributed by atoms with Gasteiger partial charge in [-0.05, 0) is 24.1 Å². The van der Waals surface area contributed by atoms with E-state index in [1.165, 1.54) is 6.20 Å². The summed E-state index contributed by atoms with van der Waals surface area (Å²) in [5, 5.41) is 20.2. The summed E-state index contributed by atoms with van der Waals surface area (Å²) in [4.78, 5) is 19.0. The van der Waals surface area contributed by atoms with Gasteiger partial charge in [0.1, 0.15) is 17.8 Å². The second-order valence-electron chi connectivity index (χ2n) is 5.76. The first-order chi connectivity index (χ1) is 11.6. The van der Waals surface area contributed by atoms with Crippen LogP contribution in [0.15, 0.2) is 24.4 Å². The summed E-state index contributed by atoms with van der Waals surface area (Å²) in [7, 11) is 0. The van der Waals surface area contributed by atoms with Crippen LogP contribution < -0.4 is 9.47 Å². The maximum atomic E-state index is 11.7. The standard InChI is InChI=1S/C17H20N2O5/c1-2-3-4-14-18-8-11(19-14)16(20)15(17(21)22)10-5-6-12-13(7-10)24-9-23-12/h5-8,15-16,20H,2-4,9H2,1H3,(H,18,19)(H,21,22). The number of aromatic nitrogens is 2. The Bertz CT molecular complexity index is 728. The van der Waals surface area contributed by atoms with Gasteiger partial charge in [0.25, 0.3) is 0 Å². The number of aliphatic hydroxyl groups excluding tert-OH is 1. The number of aryl methyl sites for hydroxylation is 1. The molecule has 7 heteroatoms. The van der Waals surface area contributed by atoms with Crippen molar-refractivity contribution in [3.05, 3.63) is 41.5 Å². The van der Waals surface area contributed by atoms with Crippen LogP contribution in [-0.4, -0.2) is 32.9 Å². The number of hydrogen-bond donors (Lipinski definition) is 3. The summed E-state index contributed by atoms with van der Waals surface area (Å²) in [6.07, 6.45) is 3.05. The fourth-order valence-electron chi connectivity index (χ4n) is 2.75. The average Bonchev–Trinajstić information content (AvgIpc) is 3.21. The molecule has 0 radical (unpaired) electrons. The normalized spacial score (nSPS) is 15.2. The lowest BCUT2D eigenvalue weighted by Gasteiger charge is -2.18. The van der Waals surface area contributed by atoms with Gasteiger partial charge < -0.3 is 24.7 Å². The number of unbranched alkanes of at least 4 members (excludes halogenated alkanes) is 1. The molecule has 3 N–H and O–H groups in total. The second-order valence-corrected chi connectivity index (χ2v) is 5.76. The number of fused-ring (bicyclic) bond motifs is 1. The predicted octanol–water partition coefficient (Wildman–Crippen LogP) is 2.38. The van der Waals surface area contributed by atoms with Gasteiger partial charge >= 0.3 is 5.97 Å². The number of carbonyl (C=O) groups is 1. The van der Waals surface area contributed by atoms with Crippen LogP contribution >= 0.6 is 0 Å². The minimum atomic E-state index is -1.23. The highest BCUT2D eigenvalue weighted by molar-refractivity contribution is 5.77. The number of ether oxygens (including phenoxy) is 2. The summed E-state index contributed by atoms with van der Waals surface area (Å²) < 4.78 is 10.5. The number of imidazole rings is 1. The number of carboxylic acids is 1. The van der Waals surface area contributed by atoms with Crippen molar-refractivity contribution in [3.63, 3.8) is 0 Å². The van der Waals surface area contributed by atoms with Crippen molar-refractivity contribution in [2.75, 3.05) is 6.79 Å². The first kappa shape index (κ1) is 16.3. The molecule has 2 heterocycles. The number of hydrogen-bond acceptors (Lipinski definition) is 5. The quantitative estimate of drug-likeness (QED) is 0.719. The molecule has 0 fully saturated rings. The van der Waals surface area contributed by atoms with Crippen LogP contribution in [0.5, 0.6) is 11.5 Å². The van der Waals surface area contributed by atoms with E-state index < -0.39 is 18.0 Å². The third kappa shape index (κ3) is 3.21. The van der Waals surface area contributed by atoms with Crippen LogP contribution in [0.2, 0.25) is 0 Å². The van der Waals surface area contributed by atoms with E-state index in [-0.39, 0.29) is 6.79 Å². The Labute approximate surface area is 139 Å². The molecule has 0 saturated carbocycles. The summed E-state index contributed by atoms with van der Waals surface area (Å²) in [6.45, 7) is 2.19. The third-order valence-corrected chi connectivity index (χ3v) is 4.07. The van der Waals surface area contributed by atoms with Crippen molar-refractivity contribution in [1.29, 1.82) is 0 Å². The highest BCUT2D eigenvalue weighted by Gasteiger charge is 2.32. The van der Waals surface area contributed by atoms with E-state index in [1.54, 1.807) is 18.2 Å². The smallest absolute Gasteiger partial charge is 0.314 e. The van der Waals surface area contributed by atoms with E-state index >= 15 is 0 Å². The average molecular weight is 332 g/mol. The maximum Gasteiger partial charge on any atom is 0.314 e. The molecule has 128 valence electrons. The Morgan fingerprint density at radius 3 is 2.92 bits per heavy atom. The molecule has 2 unspecified atom stereocenters. The molecule has 1 aliphatic heterocycles. The van der Waals surface area contributed by atoms with E-state index in [0.29, 0.717) is 22.8 Å². The topological polar surface area (TPSA) is 105 Å². The Morgan fingerprint density at radius 1 is 1.38 bits per heavy atom. The number of carboxylic acid groups (broad SMARTS) is 1. The summed E-state index contributed by atoms with van der Waals surface area (Å²) in [5.74, 6) is -0.439. The minimum Gasteiger partial charge on any atom is -0.481 e. The van der Waals surface area contributed by atoms with Crippen molar-refractivity contribution in [2.45, 2.75) is 38.2 Å². The zero-order valence-electron chi connectivity index (χ0n) is 13.4. The molecule has 2 aromatic rings. The highest BCUT2D eigenvalue weighted by Crippen LogP contribution is 2.38. The van der Waals surface area contributed by atoms with Gasteiger partial charge in [-0.25, -0.2) is 4.98 Å². The molecule has 0 aliphatic carbocycles. The minimum absolute atomic E-state index is 0.112. The zero-order chi connectivity index (χ0) is 17.1. The van der Waals surface area contributed by atoms with E-state index in [0.717, 1.165) is 25.1 Å². The van der Waals surface area contributed by atoms with Crippen LogP contribution in [0.3, 0.4) is 0 Å². The zero-order valence-corrected chi connectivity index (χ0v) is 13.4. The highest BCUT2D eigenvalue weighted by atomic mass is 16.7. The van der Waals surface area contributed by atoms with E-state index in [4.69, 9.17) is 9.47 Å². The Balaban J connectivity index is 1.85. The van der Waals surface area contributed by atoms with Gasteiger partial charge in [-0.2, -0.15) is 0 Å². The van der Waals surface area contributed by atoms with Crippen LogP contribution in [0, 0.1) is 0 Å². The number of nitrogens with zero attached hydrogens (tertiary/aromatic N) is 1. The summed E-state index contributed by atoms with van der Waals surface area (Å²) >= 11 is 0. The summed E-state index contributed by atoms with van der Waals surface area (Å²) in [6, 6.07) is 4.88. The monoisotopic (exact) mass is 332 g/mol. The second kappa shape index (κ2) is 6.92. The maximum absolute atomic E-state index is 11.7. The SMILES string of the molecule is CCCCc1ncc(C(O)C(C(=O)O)c2ccc3c(c2)OCO3)[nH]1. The van der Waals surface area contributed by atoms with E-state index in [1.807, 2.05) is 0 Å². The van der Waals surface area contributed by atoms with E-state index in [9.17, 15) is 15.0 Å². The molecular weight excluding hydrogens is 312 g/mol. The molecule has 0 bridgehead atoms. The number of aliphatic hydroxyl groups is 1. The van der Waals surface area contributed by atoms with Crippen LogP contribution in [0.25, 0.3) is 0 Å². The van der Waals surface area contributed by atoms with Gasteiger partial charge in [-0.3, -0.25) is 4.79 Å². The van der Waals surface area contributed by atoms with Gasteiger partial charge in [-0.15, -0.1) is 0 Å². The number of nitrogens with one attached hydrogen (secondary N) is 1. The Hall–Kier alpha value is -2.54. The fraction of sp³-hybridized carbons (Fsp3) is 0.412. The molecule has 0 amide bonds. The molecule has 2 atom stereocenters. The van der Waals surface area contributed by atoms with Crippen molar-refractivity contribution in [1.82, 2.24) is 9.97 Å². The van der Waals surface area contributed by atoms with Crippen LogP contribution in [0.1, 0.15) is 48.9 Å². The van der Waals surface area contributed by atoms with Gasteiger partial charge in [-0.1, -0.05) is 19.4 Å². The number of aliphatic carboxylic acids is 1. The molecule has 7 nitrogen and oxygen atoms in total. The Kier molecular flexibility index (Phi) is 4.71. The predicted molar refractivity (Wildman–Crippen MR) is 85.1 cm³/mol. The van der Waals surface area contributed by atoms with Gasteiger partial charge in [0, 0.05) is 6.42 Å². The van der Waals surface area contributed by atoms with Gasteiger partial charge in [0.05, 0.1) is 11.9 Å². The lowest BCUT2D eigenvalue weighted by Crippen LogP contribution is -2.20. The van der Waals surface area contributed by atoms with Crippen molar-refractivity contribution < 1.29 is 24.5 Å². The van der Waals surface area contributed by atoms with Crippen LogP contribution in [-0.2, 0) is 11.2 Å². The molecule has 1 aromatic heterocycles. The lowest BCUT2D eigenvalue weighted by atomic mass is 9.91. The van der Waals surface area contributed by atoms with Crippen LogP contribution in [0.4, 0.5) is 0 Å². The third-order valence-electron chi connectivity index (χ3n) is 4.07.